The number of aromatic nitrogens is 3. The molecular formula is C24H28N4O4. The maximum absolute atomic E-state index is 13.3. The van der Waals surface area contributed by atoms with Crippen LogP contribution in [0.3, 0.4) is 0 Å². The smallest absolute Gasteiger partial charge is 0.352 e. The SMILES string of the molecule is CCC(C)NC(=O)c1nn(-c2ccc(C)c(C)c2)c(=O)n(Cc2cccc(OC)c2)c1=O. The number of benzene rings is 2. The zero-order chi connectivity index (χ0) is 23.4. The first-order valence-electron chi connectivity index (χ1n) is 10.5. The number of methoxy groups -OCH3 is 1. The molecule has 3 rings (SSSR count). The lowest BCUT2D eigenvalue weighted by Crippen LogP contribution is -2.47. The minimum Gasteiger partial charge on any atom is -0.497 e. The van der Waals surface area contributed by atoms with Gasteiger partial charge in [-0.3, -0.25) is 14.2 Å². The van der Waals surface area contributed by atoms with Gasteiger partial charge < -0.3 is 10.1 Å². The molecule has 0 saturated heterocycles. The van der Waals surface area contributed by atoms with Crippen LogP contribution in [0.5, 0.6) is 5.75 Å². The predicted octanol–water partition coefficient (Wildman–Crippen LogP) is 2.60. The standard InChI is InChI=1S/C24H28N4O4/c1-6-17(4)25-22(29)21-23(30)27(14-18-8-7-9-20(13-18)32-5)24(31)28(26-21)19-11-10-15(2)16(3)12-19/h7-13,17H,6,14H2,1-5H3,(H,25,29). The molecule has 168 valence electrons. The molecule has 3 aromatic rings. The second-order valence-electron chi connectivity index (χ2n) is 7.84. The van der Waals surface area contributed by atoms with Crippen molar-refractivity contribution in [3.63, 3.8) is 0 Å². The Morgan fingerprint density at radius 1 is 1.12 bits per heavy atom. The molecule has 8 nitrogen and oxygen atoms in total. The summed E-state index contributed by atoms with van der Waals surface area (Å²) < 4.78 is 7.38. The molecule has 1 amide bonds. The molecule has 1 N–H and O–H groups in total. The summed E-state index contributed by atoms with van der Waals surface area (Å²) in [5.74, 6) is -0.00449. The Balaban J connectivity index is 2.20. The molecule has 0 fully saturated rings. The molecule has 0 spiro atoms. The molecule has 1 atom stereocenters. The van der Waals surface area contributed by atoms with Crippen molar-refractivity contribution in [3.05, 3.63) is 85.7 Å². The first-order chi connectivity index (χ1) is 15.2. The van der Waals surface area contributed by atoms with Crippen LogP contribution in [0, 0.1) is 13.8 Å². The largest absolute Gasteiger partial charge is 0.497 e. The van der Waals surface area contributed by atoms with Gasteiger partial charge in [0.1, 0.15) is 5.75 Å². The molecular weight excluding hydrogens is 408 g/mol. The molecule has 1 heterocycles. The number of nitrogens with zero attached hydrogens (tertiary/aromatic N) is 3. The van der Waals surface area contributed by atoms with E-state index in [-0.39, 0.29) is 18.3 Å². The summed E-state index contributed by atoms with van der Waals surface area (Å²) in [6, 6.07) is 12.4. The van der Waals surface area contributed by atoms with Crippen LogP contribution in [0.15, 0.2) is 52.1 Å². The van der Waals surface area contributed by atoms with E-state index < -0.39 is 17.2 Å². The van der Waals surface area contributed by atoms with Gasteiger partial charge in [0.15, 0.2) is 0 Å². The summed E-state index contributed by atoms with van der Waals surface area (Å²) >= 11 is 0. The molecule has 0 bridgehead atoms. The quantitative estimate of drug-likeness (QED) is 0.614. The molecule has 0 aliphatic carbocycles. The zero-order valence-corrected chi connectivity index (χ0v) is 19.0. The van der Waals surface area contributed by atoms with Gasteiger partial charge in [-0.25, -0.2) is 4.79 Å². The lowest BCUT2D eigenvalue weighted by Gasteiger charge is -2.15. The van der Waals surface area contributed by atoms with E-state index in [1.54, 1.807) is 43.5 Å². The van der Waals surface area contributed by atoms with Crippen LogP contribution < -0.4 is 21.3 Å². The maximum atomic E-state index is 13.3. The number of hydrogen-bond donors (Lipinski definition) is 1. The Labute approximate surface area is 186 Å². The van der Waals surface area contributed by atoms with Crippen molar-refractivity contribution in [2.75, 3.05) is 7.11 Å². The summed E-state index contributed by atoms with van der Waals surface area (Å²) in [5.41, 5.74) is 1.50. The highest BCUT2D eigenvalue weighted by molar-refractivity contribution is 5.91. The molecule has 2 aromatic carbocycles. The number of amides is 1. The highest BCUT2D eigenvalue weighted by Gasteiger charge is 2.21. The van der Waals surface area contributed by atoms with E-state index in [0.29, 0.717) is 23.4 Å². The number of aryl methyl sites for hydroxylation is 2. The van der Waals surface area contributed by atoms with Crippen LogP contribution >= 0.6 is 0 Å². The fraction of sp³-hybridized carbons (Fsp3) is 0.333. The Bertz CT molecular complexity index is 1260. The number of hydrogen-bond acceptors (Lipinski definition) is 5. The van der Waals surface area contributed by atoms with Gasteiger partial charge in [0.05, 0.1) is 19.3 Å². The van der Waals surface area contributed by atoms with Crippen molar-refractivity contribution in [1.29, 1.82) is 0 Å². The van der Waals surface area contributed by atoms with Gasteiger partial charge in [-0.15, -0.1) is 0 Å². The van der Waals surface area contributed by atoms with Crippen LogP contribution in [-0.2, 0) is 6.54 Å². The summed E-state index contributed by atoms with van der Waals surface area (Å²) in [7, 11) is 1.54. The molecule has 1 aromatic heterocycles. The first-order valence-corrected chi connectivity index (χ1v) is 10.5. The van der Waals surface area contributed by atoms with E-state index in [4.69, 9.17) is 4.74 Å². The van der Waals surface area contributed by atoms with Crippen molar-refractivity contribution in [1.82, 2.24) is 19.7 Å². The lowest BCUT2D eigenvalue weighted by molar-refractivity contribution is 0.0929. The van der Waals surface area contributed by atoms with Gasteiger partial charge in [-0.2, -0.15) is 9.78 Å². The van der Waals surface area contributed by atoms with Gasteiger partial charge in [0, 0.05) is 6.04 Å². The number of carbonyl (C=O) groups is 1. The van der Waals surface area contributed by atoms with Crippen LogP contribution in [0.4, 0.5) is 0 Å². The first kappa shape index (κ1) is 23.0. The third kappa shape index (κ3) is 4.80. The molecule has 0 radical (unpaired) electrons. The van der Waals surface area contributed by atoms with Gasteiger partial charge >= 0.3 is 5.69 Å². The van der Waals surface area contributed by atoms with Gasteiger partial charge in [0.2, 0.25) is 5.69 Å². The Hall–Kier alpha value is -3.68. The summed E-state index contributed by atoms with van der Waals surface area (Å²) in [6.07, 6.45) is 0.695. The summed E-state index contributed by atoms with van der Waals surface area (Å²) in [5, 5.41) is 6.93. The molecule has 32 heavy (non-hydrogen) atoms. The third-order valence-electron chi connectivity index (χ3n) is 5.47. The Morgan fingerprint density at radius 2 is 1.88 bits per heavy atom. The normalized spacial score (nSPS) is 11.8. The van der Waals surface area contributed by atoms with Gasteiger partial charge in [0.25, 0.3) is 11.5 Å². The van der Waals surface area contributed by atoms with E-state index in [2.05, 4.69) is 10.4 Å². The average Bonchev–Trinajstić information content (AvgIpc) is 2.78. The molecule has 1 unspecified atom stereocenters. The monoisotopic (exact) mass is 436 g/mol. The molecule has 0 saturated carbocycles. The molecule has 0 aliphatic rings. The van der Waals surface area contributed by atoms with Crippen LogP contribution in [0.2, 0.25) is 0 Å². The topological polar surface area (TPSA) is 95.2 Å². The fourth-order valence-electron chi connectivity index (χ4n) is 3.17. The van der Waals surface area contributed by atoms with Crippen molar-refractivity contribution in [2.24, 2.45) is 0 Å². The minimum absolute atomic E-state index is 0.0220. The molecule has 0 aliphatic heterocycles. The third-order valence-corrected chi connectivity index (χ3v) is 5.47. The summed E-state index contributed by atoms with van der Waals surface area (Å²) in [4.78, 5) is 39.3. The van der Waals surface area contributed by atoms with E-state index in [1.165, 1.54) is 0 Å². The fourth-order valence-corrected chi connectivity index (χ4v) is 3.17. The van der Waals surface area contributed by atoms with E-state index >= 15 is 0 Å². The summed E-state index contributed by atoms with van der Waals surface area (Å²) in [6.45, 7) is 7.63. The van der Waals surface area contributed by atoms with Crippen molar-refractivity contribution >= 4 is 5.91 Å². The van der Waals surface area contributed by atoms with Crippen molar-refractivity contribution in [3.8, 4) is 11.4 Å². The van der Waals surface area contributed by atoms with Crippen LogP contribution in [0.25, 0.3) is 5.69 Å². The highest BCUT2D eigenvalue weighted by atomic mass is 16.5. The van der Waals surface area contributed by atoms with E-state index in [1.807, 2.05) is 33.8 Å². The number of carbonyl (C=O) groups excluding carboxylic acids is 1. The second-order valence-corrected chi connectivity index (χ2v) is 7.84. The predicted molar refractivity (Wildman–Crippen MR) is 123 cm³/mol. The van der Waals surface area contributed by atoms with Gasteiger partial charge in [-0.1, -0.05) is 25.1 Å². The zero-order valence-electron chi connectivity index (χ0n) is 19.0. The van der Waals surface area contributed by atoms with Crippen molar-refractivity contribution in [2.45, 2.75) is 46.7 Å². The van der Waals surface area contributed by atoms with Crippen LogP contribution in [-0.4, -0.2) is 33.4 Å². The lowest BCUT2D eigenvalue weighted by atomic mass is 10.1. The second kappa shape index (κ2) is 9.64. The average molecular weight is 437 g/mol. The highest BCUT2D eigenvalue weighted by Crippen LogP contribution is 2.14. The number of nitrogens with one attached hydrogen (secondary N) is 1. The van der Waals surface area contributed by atoms with Crippen molar-refractivity contribution < 1.29 is 9.53 Å². The molecule has 8 heteroatoms. The number of ether oxygens (including phenoxy) is 1. The van der Waals surface area contributed by atoms with E-state index in [0.717, 1.165) is 20.4 Å². The Kier molecular flexibility index (Phi) is 6.92. The van der Waals surface area contributed by atoms with Gasteiger partial charge in [-0.05, 0) is 68.1 Å². The Morgan fingerprint density at radius 3 is 2.53 bits per heavy atom. The van der Waals surface area contributed by atoms with Crippen LogP contribution in [0.1, 0.15) is 47.4 Å². The number of rotatable bonds is 7. The maximum Gasteiger partial charge on any atom is 0.352 e. The minimum atomic E-state index is -0.737. The van der Waals surface area contributed by atoms with E-state index in [9.17, 15) is 14.4 Å².